The van der Waals surface area contributed by atoms with Crippen LogP contribution in [0.5, 0.6) is 0 Å². The van der Waals surface area contributed by atoms with Crippen LogP contribution in [-0.2, 0) is 9.53 Å². The van der Waals surface area contributed by atoms with Gasteiger partial charge in [0, 0.05) is 19.5 Å². The third-order valence-corrected chi connectivity index (χ3v) is 3.30. The molecule has 2 N–H and O–H groups in total. The van der Waals surface area contributed by atoms with Crippen LogP contribution < -0.4 is 5.73 Å². The first-order valence-corrected chi connectivity index (χ1v) is 6.80. The van der Waals surface area contributed by atoms with E-state index in [1.165, 1.54) is 0 Å². The molecule has 0 aliphatic carbocycles. The van der Waals surface area contributed by atoms with E-state index in [0.717, 1.165) is 58.2 Å². The maximum Gasteiger partial charge on any atom is 0.306 e. The zero-order valence-electron chi connectivity index (χ0n) is 11.0. The molecule has 1 saturated heterocycles. The summed E-state index contributed by atoms with van der Waals surface area (Å²) in [4.78, 5) is 13.8. The number of unbranched alkanes of at least 4 members (excludes halogenated alkanes) is 3. The molecule has 0 unspecified atom stereocenters. The fraction of sp³-hybridized carbons (Fsp3) is 0.923. The molecule has 0 spiro atoms. The molecule has 0 radical (unpaired) electrons. The number of esters is 1. The minimum Gasteiger partial charge on any atom is -0.462 e. The van der Waals surface area contributed by atoms with E-state index >= 15 is 0 Å². The number of likely N-dealkylation sites (tertiary alicyclic amines) is 1. The van der Waals surface area contributed by atoms with Gasteiger partial charge in [-0.1, -0.05) is 12.8 Å². The number of piperidine rings is 1. The number of nitrogens with zero attached hydrogens (tertiary/aromatic N) is 1. The largest absolute Gasteiger partial charge is 0.462 e. The van der Waals surface area contributed by atoms with E-state index in [4.69, 9.17) is 10.5 Å². The summed E-state index contributed by atoms with van der Waals surface area (Å²) in [6, 6.07) is 0. The van der Waals surface area contributed by atoms with Gasteiger partial charge in [-0.3, -0.25) is 4.79 Å². The van der Waals surface area contributed by atoms with Crippen molar-refractivity contribution in [3.63, 3.8) is 0 Å². The lowest BCUT2D eigenvalue weighted by Crippen LogP contribution is -2.35. The lowest BCUT2D eigenvalue weighted by Gasteiger charge is -2.28. The minimum absolute atomic E-state index is 0.0210. The number of hydrogen-bond donors (Lipinski definition) is 1. The van der Waals surface area contributed by atoms with E-state index in [0.29, 0.717) is 6.42 Å². The summed E-state index contributed by atoms with van der Waals surface area (Å²) in [5.74, 6) is -0.0210. The van der Waals surface area contributed by atoms with Crippen LogP contribution >= 0.6 is 0 Å². The van der Waals surface area contributed by atoms with Crippen molar-refractivity contribution in [1.82, 2.24) is 4.90 Å². The Balaban J connectivity index is 2.00. The van der Waals surface area contributed by atoms with Crippen LogP contribution in [0.15, 0.2) is 0 Å². The van der Waals surface area contributed by atoms with Gasteiger partial charge in [0.2, 0.25) is 0 Å². The molecule has 0 aromatic heterocycles. The molecule has 1 aliphatic heterocycles. The molecule has 0 aromatic carbocycles. The second kappa shape index (κ2) is 8.48. The Kier molecular flexibility index (Phi) is 7.21. The first kappa shape index (κ1) is 14.5. The minimum atomic E-state index is -0.0210. The highest BCUT2D eigenvalue weighted by Crippen LogP contribution is 2.13. The molecule has 0 aromatic rings. The lowest BCUT2D eigenvalue weighted by molar-refractivity contribution is -0.151. The Morgan fingerprint density at radius 3 is 2.53 bits per heavy atom. The van der Waals surface area contributed by atoms with Gasteiger partial charge in [-0.2, -0.15) is 0 Å². The molecule has 0 bridgehead atoms. The second-order valence-corrected chi connectivity index (χ2v) is 4.95. The van der Waals surface area contributed by atoms with Crippen LogP contribution in [-0.4, -0.2) is 43.7 Å². The third kappa shape index (κ3) is 6.64. The maximum atomic E-state index is 11.6. The van der Waals surface area contributed by atoms with E-state index in [9.17, 15) is 4.79 Å². The molecule has 100 valence electrons. The lowest BCUT2D eigenvalue weighted by atomic mass is 10.1. The predicted molar refractivity (Wildman–Crippen MR) is 68.8 cm³/mol. The standard InChI is InChI=1S/C13H26N2O2/c1-15-10-7-12(8-11-15)17-13(16)6-4-2-3-5-9-14/h12H,2-11,14H2,1H3. The summed E-state index contributed by atoms with van der Waals surface area (Å²) < 4.78 is 5.46. The number of carbonyl (C=O) groups is 1. The average Bonchev–Trinajstić information content (AvgIpc) is 2.32. The van der Waals surface area contributed by atoms with Crippen LogP contribution in [0.2, 0.25) is 0 Å². The van der Waals surface area contributed by atoms with E-state index in [2.05, 4.69) is 11.9 Å². The van der Waals surface area contributed by atoms with Gasteiger partial charge in [0.25, 0.3) is 0 Å². The molecule has 4 heteroatoms. The van der Waals surface area contributed by atoms with Gasteiger partial charge < -0.3 is 15.4 Å². The Bertz CT molecular complexity index is 213. The molecule has 4 nitrogen and oxygen atoms in total. The highest BCUT2D eigenvalue weighted by molar-refractivity contribution is 5.69. The molecule has 0 amide bonds. The zero-order chi connectivity index (χ0) is 12.5. The van der Waals surface area contributed by atoms with E-state index in [1.54, 1.807) is 0 Å². The van der Waals surface area contributed by atoms with Gasteiger partial charge in [-0.05, 0) is 39.3 Å². The number of hydrogen-bond acceptors (Lipinski definition) is 4. The van der Waals surface area contributed by atoms with Gasteiger partial charge in [0.1, 0.15) is 6.10 Å². The quantitative estimate of drug-likeness (QED) is 0.543. The SMILES string of the molecule is CN1CCC(OC(=O)CCCCCCN)CC1. The molecule has 0 saturated carbocycles. The fourth-order valence-corrected chi connectivity index (χ4v) is 2.11. The van der Waals surface area contributed by atoms with Crippen molar-refractivity contribution < 1.29 is 9.53 Å². The Morgan fingerprint density at radius 2 is 1.88 bits per heavy atom. The summed E-state index contributed by atoms with van der Waals surface area (Å²) in [7, 11) is 2.11. The Hall–Kier alpha value is -0.610. The van der Waals surface area contributed by atoms with Crippen LogP contribution in [0.3, 0.4) is 0 Å². The Morgan fingerprint density at radius 1 is 1.24 bits per heavy atom. The first-order chi connectivity index (χ1) is 8.22. The second-order valence-electron chi connectivity index (χ2n) is 4.95. The van der Waals surface area contributed by atoms with Crippen LogP contribution in [0.1, 0.15) is 44.9 Å². The van der Waals surface area contributed by atoms with Crippen LogP contribution in [0.25, 0.3) is 0 Å². The number of carbonyl (C=O) groups excluding carboxylic acids is 1. The summed E-state index contributed by atoms with van der Waals surface area (Å²) in [5, 5.41) is 0. The summed E-state index contributed by atoms with van der Waals surface area (Å²) in [6.45, 7) is 2.82. The van der Waals surface area contributed by atoms with Crippen molar-refractivity contribution >= 4 is 5.97 Å². The van der Waals surface area contributed by atoms with Gasteiger partial charge >= 0.3 is 5.97 Å². The molecule has 1 aliphatic rings. The van der Waals surface area contributed by atoms with Crippen molar-refractivity contribution in [2.24, 2.45) is 5.73 Å². The van der Waals surface area contributed by atoms with E-state index in [1.807, 2.05) is 0 Å². The van der Waals surface area contributed by atoms with Crippen molar-refractivity contribution in [2.45, 2.75) is 51.0 Å². The van der Waals surface area contributed by atoms with Gasteiger partial charge in [0.05, 0.1) is 0 Å². The summed E-state index contributed by atoms with van der Waals surface area (Å²) in [5.41, 5.74) is 5.41. The first-order valence-electron chi connectivity index (χ1n) is 6.80. The molecule has 17 heavy (non-hydrogen) atoms. The van der Waals surface area contributed by atoms with Crippen LogP contribution in [0, 0.1) is 0 Å². The van der Waals surface area contributed by atoms with E-state index < -0.39 is 0 Å². The number of rotatable bonds is 7. The monoisotopic (exact) mass is 242 g/mol. The predicted octanol–water partition coefficient (Wildman–Crippen LogP) is 1.53. The van der Waals surface area contributed by atoms with Crippen molar-refractivity contribution in [1.29, 1.82) is 0 Å². The van der Waals surface area contributed by atoms with Crippen molar-refractivity contribution in [3.8, 4) is 0 Å². The highest BCUT2D eigenvalue weighted by atomic mass is 16.5. The normalized spacial score (nSPS) is 18.2. The molecule has 1 heterocycles. The maximum absolute atomic E-state index is 11.6. The smallest absolute Gasteiger partial charge is 0.306 e. The van der Waals surface area contributed by atoms with E-state index in [-0.39, 0.29) is 12.1 Å². The third-order valence-electron chi connectivity index (χ3n) is 3.30. The van der Waals surface area contributed by atoms with Crippen molar-refractivity contribution in [2.75, 3.05) is 26.7 Å². The summed E-state index contributed by atoms with van der Waals surface area (Å²) >= 11 is 0. The van der Waals surface area contributed by atoms with Crippen LogP contribution in [0.4, 0.5) is 0 Å². The van der Waals surface area contributed by atoms with Gasteiger partial charge in [-0.25, -0.2) is 0 Å². The zero-order valence-corrected chi connectivity index (χ0v) is 11.0. The molecule has 1 fully saturated rings. The molecular formula is C13H26N2O2. The average molecular weight is 242 g/mol. The molecule has 1 rings (SSSR count). The van der Waals surface area contributed by atoms with Gasteiger partial charge in [0.15, 0.2) is 0 Å². The highest BCUT2D eigenvalue weighted by Gasteiger charge is 2.19. The number of nitrogens with two attached hydrogens (primary N) is 1. The Labute approximate surface area is 104 Å². The topological polar surface area (TPSA) is 55.6 Å². The number of ether oxygens (including phenoxy) is 1. The summed E-state index contributed by atoms with van der Waals surface area (Å²) in [6.07, 6.45) is 6.89. The molecular weight excluding hydrogens is 216 g/mol. The molecule has 0 atom stereocenters. The van der Waals surface area contributed by atoms with Gasteiger partial charge in [-0.15, -0.1) is 0 Å². The van der Waals surface area contributed by atoms with Crippen molar-refractivity contribution in [3.05, 3.63) is 0 Å². The fourth-order valence-electron chi connectivity index (χ4n) is 2.11.